The Morgan fingerprint density at radius 2 is 1.80 bits per heavy atom. The van der Waals surface area contributed by atoms with Crippen LogP contribution in [0.4, 0.5) is 0 Å². The van der Waals surface area contributed by atoms with Crippen LogP contribution in [0.1, 0.15) is 6.92 Å². The summed E-state index contributed by atoms with van der Waals surface area (Å²) < 4.78 is 0. The zero-order valence-electron chi connectivity index (χ0n) is 2.89. The van der Waals surface area contributed by atoms with Crippen LogP contribution in [0.25, 0.3) is 0 Å². The van der Waals surface area contributed by atoms with E-state index in [0.29, 0.717) is 0 Å². The molecule has 2 N–H and O–H groups in total. The van der Waals surface area contributed by atoms with Crippen LogP contribution in [-0.2, 0) is 4.79 Å². The van der Waals surface area contributed by atoms with Crippen molar-refractivity contribution in [2.24, 2.45) is 5.73 Å². The summed E-state index contributed by atoms with van der Waals surface area (Å²) in [5.41, 5.74) is 4.47. The Balaban J connectivity index is 0. The molecule has 0 aromatic rings. The van der Waals surface area contributed by atoms with Gasteiger partial charge in [0.15, 0.2) is 0 Å². The molecule has 0 atom stereocenters. The first-order chi connectivity index (χ1) is 1.73. The van der Waals surface area contributed by atoms with Gasteiger partial charge in [0.05, 0.1) is 0 Å². The molecule has 30 valence electrons. The van der Waals surface area contributed by atoms with Crippen LogP contribution in [0.3, 0.4) is 0 Å². The monoisotopic (exact) mass is 139 g/mol. The van der Waals surface area contributed by atoms with E-state index in [0.717, 1.165) is 0 Å². The minimum Gasteiger partial charge on any atom is -0.370 e. The molecule has 2 radical (unpaired) electrons. The molecule has 1 amide bonds. The Labute approximate surface area is 41.2 Å². The summed E-state index contributed by atoms with van der Waals surface area (Å²) in [5, 5.41) is 0. The molecule has 3 heteroatoms. The van der Waals surface area contributed by atoms with Crippen molar-refractivity contribution in [3.8, 4) is 0 Å². The first-order valence-electron chi connectivity index (χ1n) is 0.993. The van der Waals surface area contributed by atoms with E-state index in [1.54, 1.807) is 0 Å². The third-order valence-electron chi connectivity index (χ3n) is 0. The number of hydrogen-bond donors (Lipinski definition) is 1. The molecule has 2 nitrogen and oxygen atoms in total. The van der Waals surface area contributed by atoms with Crippen molar-refractivity contribution in [3.05, 3.63) is 0 Å². The van der Waals surface area contributed by atoms with Gasteiger partial charge in [-0.25, -0.2) is 0 Å². The van der Waals surface area contributed by atoms with Crippen LogP contribution in [0.15, 0.2) is 0 Å². The number of primary amides is 1. The average Bonchev–Trinajstić information content (AvgIpc) is 0.811. The van der Waals surface area contributed by atoms with E-state index >= 15 is 0 Å². The Morgan fingerprint density at radius 3 is 1.80 bits per heavy atom. The van der Waals surface area contributed by atoms with Gasteiger partial charge in [-0.05, 0) is 0 Å². The van der Waals surface area contributed by atoms with E-state index in [1.165, 1.54) is 6.92 Å². The largest absolute Gasteiger partial charge is 0.370 e. The first kappa shape index (κ1) is 8.89. The van der Waals surface area contributed by atoms with Gasteiger partial charge >= 0.3 is 0 Å². The van der Waals surface area contributed by atoms with Crippen LogP contribution < -0.4 is 5.73 Å². The van der Waals surface area contributed by atoms with E-state index in [2.05, 4.69) is 5.73 Å². The van der Waals surface area contributed by atoms with Gasteiger partial charge in [0.25, 0.3) is 0 Å². The van der Waals surface area contributed by atoms with Crippen molar-refractivity contribution in [2.75, 3.05) is 0 Å². The van der Waals surface area contributed by atoms with Crippen LogP contribution in [0.2, 0.25) is 0 Å². The summed E-state index contributed by atoms with van der Waals surface area (Å²) in [7, 11) is 0. The maximum atomic E-state index is 9.22. The van der Waals surface area contributed by atoms with Crippen molar-refractivity contribution < 1.29 is 4.79 Å². The Morgan fingerprint density at radius 1 is 1.80 bits per heavy atom. The van der Waals surface area contributed by atoms with E-state index in [9.17, 15) is 4.79 Å². The summed E-state index contributed by atoms with van der Waals surface area (Å²) in [6.07, 6.45) is 0. The van der Waals surface area contributed by atoms with Gasteiger partial charge < -0.3 is 5.73 Å². The maximum absolute atomic E-state index is 9.22. The Bertz CT molecular complexity index is 32.6. The normalized spacial score (nSPS) is 5.00. The van der Waals surface area contributed by atoms with Crippen LogP contribution in [-0.4, -0.2) is 23.0 Å². The molecule has 0 fully saturated rings. The molecule has 0 spiro atoms. The maximum Gasteiger partial charge on any atom is 0.214 e. The summed E-state index contributed by atoms with van der Waals surface area (Å²) in [6, 6.07) is 0. The number of hydrogen-bond acceptors (Lipinski definition) is 1. The van der Waals surface area contributed by atoms with Gasteiger partial charge in [0.2, 0.25) is 5.91 Å². The molecule has 0 aromatic carbocycles. The molecule has 0 rings (SSSR count). The van der Waals surface area contributed by atoms with E-state index in [1.807, 2.05) is 0 Å². The summed E-state index contributed by atoms with van der Waals surface area (Å²) in [6.45, 7) is 1.31. The summed E-state index contributed by atoms with van der Waals surface area (Å²) in [5.74, 6) is -0.333. The van der Waals surface area contributed by atoms with Crippen molar-refractivity contribution in [1.29, 1.82) is 0 Å². The van der Waals surface area contributed by atoms with Crippen LogP contribution in [0.5, 0.6) is 0 Å². The van der Waals surface area contributed by atoms with Crippen molar-refractivity contribution >= 4 is 23.0 Å². The molecule has 0 bridgehead atoms. The van der Waals surface area contributed by atoms with E-state index in [-0.39, 0.29) is 23.0 Å². The molecule has 0 aliphatic rings. The predicted molar refractivity (Wildman–Crippen MR) is 20.6 cm³/mol. The fraction of sp³-hybridized carbons (Fsp3) is 0.500. The van der Waals surface area contributed by atoms with Crippen molar-refractivity contribution in [3.63, 3.8) is 0 Å². The molecule has 0 saturated carbocycles. The van der Waals surface area contributed by atoms with Crippen LogP contribution >= 0.6 is 0 Å². The second kappa shape index (κ2) is 3.99. The fourth-order valence-corrected chi connectivity index (χ4v) is 0. The van der Waals surface area contributed by atoms with E-state index in [4.69, 9.17) is 0 Å². The molecular weight excluding hydrogens is 133 g/mol. The fourth-order valence-electron chi connectivity index (χ4n) is 0. The van der Waals surface area contributed by atoms with Gasteiger partial charge in [0.1, 0.15) is 0 Å². The molecule has 0 unspecified atom stereocenters. The Hall–Kier alpha value is -0.0105. The smallest absolute Gasteiger partial charge is 0.214 e. The minimum absolute atomic E-state index is 0. The standard InChI is InChI=1S/C2H5NO.Se/c1-2(3)4;/h1H3,(H2,3,4);. The third kappa shape index (κ3) is 143000. The van der Waals surface area contributed by atoms with Crippen LogP contribution in [0, 0.1) is 0 Å². The quantitative estimate of drug-likeness (QED) is 0.433. The molecule has 0 heterocycles. The topological polar surface area (TPSA) is 43.1 Å². The minimum atomic E-state index is -0.333. The van der Waals surface area contributed by atoms with Gasteiger partial charge in [-0.3, -0.25) is 4.79 Å². The van der Waals surface area contributed by atoms with Gasteiger partial charge in [0, 0.05) is 24.0 Å². The number of rotatable bonds is 0. The average molecular weight is 138 g/mol. The molecular formula is C2H5NOSe. The summed E-state index contributed by atoms with van der Waals surface area (Å²) >= 11 is 0. The Kier molecular flexibility index (Phi) is 7.09. The van der Waals surface area contributed by atoms with Crippen molar-refractivity contribution in [1.82, 2.24) is 0 Å². The van der Waals surface area contributed by atoms with Crippen molar-refractivity contribution in [2.45, 2.75) is 6.92 Å². The first-order valence-corrected chi connectivity index (χ1v) is 0.993. The number of carbonyl (C=O) groups is 1. The van der Waals surface area contributed by atoms with E-state index < -0.39 is 0 Å². The van der Waals surface area contributed by atoms with Gasteiger partial charge in [-0.2, -0.15) is 0 Å². The van der Waals surface area contributed by atoms with Gasteiger partial charge in [-0.1, -0.05) is 0 Å². The zero-order valence-corrected chi connectivity index (χ0v) is 4.61. The molecule has 5 heavy (non-hydrogen) atoms. The van der Waals surface area contributed by atoms with Gasteiger partial charge in [-0.15, -0.1) is 0 Å². The SMILES string of the molecule is CC(N)=O.[Se]. The molecule has 0 aliphatic heterocycles. The zero-order chi connectivity index (χ0) is 3.58. The molecule has 0 saturated heterocycles. The number of carbonyl (C=O) groups excluding carboxylic acids is 1. The summed E-state index contributed by atoms with van der Waals surface area (Å²) in [4.78, 5) is 9.22. The second-order valence-electron chi connectivity index (χ2n) is 0.611. The number of amides is 1. The number of nitrogens with two attached hydrogens (primary N) is 1. The third-order valence-corrected chi connectivity index (χ3v) is 0. The molecule has 0 aromatic heterocycles. The predicted octanol–water partition coefficient (Wildman–Crippen LogP) is -0.889. The molecule has 0 aliphatic carbocycles. The second-order valence-corrected chi connectivity index (χ2v) is 0.611.